The van der Waals surface area contributed by atoms with Crippen LogP contribution in [0.5, 0.6) is 5.75 Å². The molecule has 0 saturated carbocycles. The lowest BCUT2D eigenvalue weighted by Crippen LogP contribution is -2.35. The average Bonchev–Trinajstić information content (AvgIpc) is 3.33. The number of halogens is 5. The number of aromatic amines is 1. The molecule has 4 N–H and O–H groups in total. The molecule has 14 heteroatoms. The highest BCUT2D eigenvalue weighted by molar-refractivity contribution is 7.99. The summed E-state index contributed by atoms with van der Waals surface area (Å²) in [7, 11) is 0. The molecule has 0 spiro atoms. The molecule has 2 aromatic carbocycles. The molecule has 0 radical (unpaired) electrons. The molecule has 216 valence electrons. The number of H-pyrrole nitrogens is 1. The Bertz CT molecular complexity index is 1630. The normalized spacial score (nSPS) is 15.4. The van der Waals surface area contributed by atoms with E-state index in [-0.39, 0.29) is 51.1 Å². The van der Waals surface area contributed by atoms with Crippen LogP contribution in [0.15, 0.2) is 44.9 Å². The van der Waals surface area contributed by atoms with Crippen LogP contribution < -0.4 is 16.2 Å². The molecule has 2 aliphatic heterocycles. The Kier molecular flexibility index (Phi) is 8.28. The number of benzene rings is 2. The number of aromatic nitrogens is 1. The van der Waals surface area contributed by atoms with Crippen molar-refractivity contribution in [3.63, 3.8) is 0 Å². The number of hydrogen-bond donors (Lipinski definition) is 3. The van der Waals surface area contributed by atoms with Gasteiger partial charge in [0.1, 0.15) is 17.0 Å². The summed E-state index contributed by atoms with van der Waals surface area (Å²) in [5.41, 5.74) is 5.54. The van der Waals surface area contributed by atoms with Gasteiger partial charge >= 0.3 is 5.38 Å². The van der Waals surface area contributed by atoms with Gasteiger partial charge in [-0.2, -0.15) is 8.78 Å². The van der Waals surface area contributed by atoms with E-state index in [0.29, 0.717) is 35.3 Å². The summed E-state index contributed by atoms with van der Waals surface area (Å²) in [6.45, 7) is 0.638. The lowest BCUT2D eigenvalue weighted by Gasteiger charge is -2.27. The third-order valence-corrected chi connectivity index (χ3v) is 9.34. The number of phenolic OH excluding ortho intramolecular Hbond substituents is 1. The molecule has 1 aromatic heterocycles. The summed E-state index contributed by atoms with van der Waals surface area (Å²) in [6.07, 6.45) is 1.96. The number of phenols is 1. The predicted molar refractivity (Wildman–Crippen MR) is 153 cm³/mol. The van der Waals surface area contributed by atoms with Crippen LogP contribution in [0, 0.1) is 0 Å². The van der Waals surface area contributed by atoms with Gasteiger partial charge in [-0.15, -0.1) is 0 Å². The van der Waals surface area contributed by atoms with E-state index in [9.17, 15) is 28.3 Å². The van der Waals surface area contributed by atoms with Crippen molar-refractivity contribution in [1.29, 1.82) is 0 Å². The Balaban J connectivity index is 1.52. The van der Waals surface area contributed by atoms with Crippen molar-refractivity contribution >= 4 is 64.1 Å². The number of aromatic hydroxyl groups is 1. The molecule has 1 fully saturated rings. The van der Waals surface area contributed by atoms with E-state index in [0.717, 1.165) is 30.7 Å². The van der Waals surface area contributed by atoms with Gasteiger partial charge in [-0.1, -0.05) is 41.0 Å². The number of hydrogen-bond acceptors (Lipinski definition) is 6. The number of piperidine rings is 1. The van der Waals surface area contributed by atoms with E-state index in [2.05, 4.69) is 0 Å². The number of alkyl halides is 3. The van der Waals surface area contributed by atoms with E-state index in [1.807, 2.05) is 4.98 Å². The van der Waals surface area contributed by atoms with Gasteiger partial charge < -0.3 is 25.6 Å². The van der Waals surface area contributed by atoms with Gasteiger partial charge in [0.25, 0.3) is 11.5 Å². The van der Waals surface area contributed by atoms with Crippen LogP contribution in [-0.2, 0) is 29.8 Å². The summed E-state index contributed by atoms with van der Waals surface area (Å²) in [5, 5.41) is 7.07. The van der Waals surface area contributed by atoms with E-state index >= 15 is 0 Å². The van der Waals surface area contributed by atoms with E-state index in [4.69, 9.17) is 40.5 Å². The molecule has 1 saturated heterocycles. The topological polar surface area (TPSA) is 120 Å². The zero-order chi connectivity index (χ0) is 29.6. The fourth-order valence-electron chi connectivity index (χ4n) is 4.91. The van der Waals surface area contributed by atoms with Gasteiger partial charge in [0.05, 0.1) is 15.7 Å². The Morgan fingerprint density at radius 3 is 2.49 bits per heavy atom. The first-order chi connectivity index (χ1) is 19.4. The van der Waals surface area contributed by atoms with Crippen LogP contribution in [0.25, 0.3) is 0 Å². The molecule has 5 rings (SSSR count). The van der Waals surface area contributed by atoms with E-state index in [1.54, 1.807) is 12.1 Å². The number of amides is 2. The second-order valence-corrected chi connectivity index (χ2v) is 12.0. The smallest absolute Gasteiger partial charge is 0.362 e. The molecule has 41 heavy (non-hydrogen) atoms. The molecular weight excluding hydrogens is 621 g/mol. The van der Waals surface area contributed by atoms with Crippen LogP contribution in [-0.4, -0.2) is 33.3 Å². The number of carbonyl (C=O) groups excluding carboxylic acids is 2. The van der Waals surface area contributed by atoms with Crippen molar-refractivity contribution < 1.29 is 23.5 Å². The number of nitrogens with zero attached hydrogens (tertiary/aromatic N) is 2. The molecule has 0 atom stereocenters. The quantitative estimate of drug-likeness (QED) is 0.285. The number of rotatable bonds is 6. The Morgan fingerprint density at radius 1 is 1.12 bits per heavy atom. The zero-order valence-corrected chi connectivity index (χ0v) is 24.4. The van der Waals surface area contributed by atoms with Crippen LogP contribution in [0.2, 0.25) is 10.0 Å². The monoisotopic (exact) mass is 642 g/mol. The van der Waals surface area contributed by atoms with Gasteiger partial charge in [-0.3, -0.25) is 14.4 Å². The third kappa shape index (κ3) is 5.78. The number of pyridine rings is 1. The third-order valence-electron chi connectivity index (χ3n) is 7.00. The number of anilines is 1. The van der Waals surface area contributed by atoms with Crippen molar-refractivity contribution in [2.75, 3.05) is 11.4 Å². The fraction of sp³-hybridized carbons (Fsp3) is 0.296. The molecular formula is C27H23Cl3F2N4O4S. The minimum Gasteiger partial charge on any atom is -0.506 e. The molecule has 3 aromatic rings. The van der Waals surface area contributed by atoms with Crippen molar-refractivity contribution in [2.24, 2.45) is 5.73 Å². The standard InChI is InChI=1S/C27H23Cl3F2N4O4S/c28-16-5-4-13(10-33)23(29)24(16)41-19-9-20(27(30,31)32)34-25(39)22(19)26(40)35-11-14-7-17(18(37)8-15(14)12-35)36-6-2-1-3-21(36)38/h4-5,7-9,37H,1-3,6,10-12,33H2,(H,34,39). The lowest BCUT2D eigenvalue weighted by atomic mass is 10.1. The number of nitrogens with one attached hydrogen (secondary N) is 1. The maximum Gasteiger partial charge on any atom is 0.362 e. The van der Waals surface area contributed by atoms with Gasteiger partial charge in [0.15, 0.2) is 0 Å². The highest BCUT2D eigenvalue weighted by atomic mass is 35.5. The van der Waals surface area contributed by atoms with Crippen LogP contribution >= 0.6 is 46.6 Å². The SMILES string of the molecule is NCc1ccc(Cl)c(Sc2cc(C(F)(F)Cl)[nH]c(=O)c2C(=O)N2Cc3cc(O)c(N4CCCCC4=O)cc3C2)c1Cl. The molecule has 0 bridgehead atoms. The largest absolute Gasteiger partial charge is 0.506 e. The van der Waals surface area contributed by atoms with Crippen LogP contribution in [0.1, 0.15) is 52.0 Å². The summed E-state index contributed by atoms with van der Waals surface area (Å²) in [5.74, 6) is -0.940. The molecule has 2 aliphatic rings. The molecule has 3 heterocycles. The molecule has 0 aliphatic carbocycles. The summed E-state index contributed by atoms with van der Waals surface area (Å²) in [6, 6.07) is 7.21. The summed E-state index contributed by atoms with van der Waals surface area (Å²) in [4.78, 5) is 44.3. The molecule has 0 unspecified atom stereocenters. The first-order valence-electron chi connectivity index (χ1n) is 12.5. The van der Waals surface area contributed by atoms with E-state index in [1.165, 1.54) is 21.9 Å². The first-order valence-corrected chi connectivity index (χ1v) is 14.5. The van der Waals surface area contributed by atoms with Crippen molar-refractivity contribution in [3.05, 3.63) is 78.7 Å². The van der Waals surface area contributed by atoms with Gasteiger partial charge in [0.2, 0.25) is 5.91 Å². The summed E-state index contributed by atoms with van der Waals surface area (Å²) < 4.78 is 28.1. The Morgan fingerprint density at radius 2 is 1.83 bits per heavy atom. The maximum atomic E-state index is 14.1. The Hall–Kier alpha value is -2.83. The maximum absolute atomic E-state index is 14.1. The van der Waals surface area contributed by atoms with Gasteiger partial charge in [0, 0.05) is 42.4 Å². The van der Waals surface area contributed by atoms with Crippen molar-refractivity contribution in [3.8, 4) is 5.75 Å². The second kappa shape index (κ2) is 11.4. The van der Waals surface area contributed by atoms with Crippen LogP contribution in [0.4, 0.5) is 14.5 Å². The first kappa shape index (κ1) is 29.7. The van der Waals surface area contributed by atoms with Crippen LogP contribution in [0.3, 0.4) is 0 Å². The number of nitrogens with two attached hydrogens (primary N) is 1. The number of fused-ring (bicyclic) bond motifs is 1. The van der Waals surface area contributed by atoms with Crippen molar-refractivity contribution in [2.45, 2.75) is 54.1 Å². The fourth-order valence-corrected chi connectivity index (χ4v) is 6.76. The van der Waals surface area contributed by atoms with E-state index < -0.39 is 28.1 Å². The lowest BCUT2D eigenvalue weighted by molar-refractivity contribution is -0.119. The highest BCUT2D eigenvalue weighted by Gasteiger charge is 2.35. The predicted octanol–water partition coefficient (Wildman–Crippen LogP) is 5.96. The minimum atomic E-state index is -3.92. The second-order valence-electron chi connectivity index (χ2n) is 9.68. The zero-order valence-electron chi connectivity index (χ0n) is 21.3. The van der Waals surface area contributed by atoms with Crippen molar-refractivity contribution in [1.82, 2.24) is 9.88 Å². The Labute approximate surface area is 252 Å². The average molecular weight is 644 g/mol. The van der Waals surface area contributed by atoms with Gasteiger partial charge in [-0.05, 0) is 65.4 Å². The minimum absolute atomic E-state index is 0.0388. The summed E-state index contributed by atoms with van der Waals surface area (Å²) >= 11 is 18.8. The molecule has 8 nitrogen and oxygen atoms in total. The number of carbonyl (C=O) groups is 2. The highest BCUT2D eigenvalue weighted by Crippen LogP contribution is 2.43. The molecule has 2 amide bonds. The van der Waals surface area contributed by atoms with Gasteiger partial charge in [-0.25, -0.2) is 0 Å².